The van der Waals surface area contributed by atoms with Crippen LogP contribution >= 0.6 is 15.9 Å². The SMILES string of the molecule is O=C(NCc1cc(C(F)(F)F)cc(C(F)(F)F)c1)C(c1ccc(Br)cc1)N1CCN(C2CCCCC2)CC1. The van der Waals surface area contributed by atoms with Crippen LogP contribution in [0.3, 0.4) is 0 Å². The number of nitrogens with one attached hydrogen (secondary N) is 1. The average Bonchev–Trinajstić information content (AvgIpc) is 2.88. The Balaban J connectivity index is 1.51. The van der Waals surface area contributed by atoms with E-state index in [9.17, 15) is 31.1 Å². The Morgan fingerprint density at radius 3 is 1.95 bits per heavy atom. The lowest BCUT2D eigenvalue weighted by Crippen LogP contribution is -2.53. The molecule has 2 aromatic rings. The summed E-state index contributed by atoms with van der Waals surface area (Å²) in [5, 5.41) is 2.60. The highest BCUT2D eigenvalue weighted by atomic mass is 79.9. The molecule has 2 aliphatic rings. The van der Waals surface area contributed by atoms with Crippen LogP contribution in [-0.2, 0) is 23.7 Å². The summed E-state index contributed by atoms with van der Waals surface area (Å²) in [7, 11) is 0. The smallest absolute Gasteiger partial charge is 0.350 e. The van der Waals surface area contributed by atoms with Gasteiger partial charge in [-0.25, -0.2) is 0 Å². The van der Waals surface area contributed by atoms with Gasteiger partial charge in [-0.2, -0.15) is 26.3 Å². The van der Waals surface area contributed by atoms with Crippen LogP contribution in [0.4, 0.5) is 26.3 Å². The number of piperazine rings is 1. The molecule has 0 radical (unpaired) electrons. The first-order valence-corrected chi connectivity index (χ1v) is 13.5. The second-order valence-corrected chi connectivity index (χ2v) is 10.9. The van der Waals surface area contributed by atoms with Gasteiger partial charge in [-0.05, 0) is 54.3 Å². The second-order valence-electron chi connectivity index (χ2n) is 9.95. The van der Waals surface area contributed by atoms with E-state index in [1.54, 1.807) is 24.3 Å². The standard InChI is InChI=1S/C27H30BrF6N3O/c28-22-8-6-19(7-9-22)24(37-12-10-36(11-13-37)23-4-2-1-3-5-23)25(38)35-17-18-14-20(26(29,30)31)16-21(15-18)27(32,33)34/h6-9,14-16,23-24H,1-5,10-13,17H2,(H,35,38). The molecular weight excluding hydrogens is 576 g/mol. The topological polar surface area (TPSA) is 35.6 Å². The molecule has 0 spiro atoms. The summed E-state index contributed by atoms with van der Waals surface area (Å²) >= 11 is 3.38. The van der Waals surface area contributed by atoms with Crippen molar-refractivity contribution >= 4 is 21.8 Å². The predicted molar refractivity (Wildman–Crippen MR) is 135 cm³/mol. The Kier molecular flexibility index (Phi) is 9.09. The maximum atomic E-state index is 13.4. The quantitative estimate of drug-likeness (QED) is 0.368. The van der Waals surface area contributed by atoms with Crippen LogP contribution < -0.4 is 5.32 Å². The molecule has 2 fully saturated rings. The first kappa shape index (κ1) is 28.9. The summed E-state index contributed by atoms with van der Waals surface area (Å²) in [5.74, 6) is -0.468. The number of hydrogen-bond acceptors (Lipinski definition) is 3. The number of alkyl halides is 6. The second kappa shape index (κ2) is 12.0. The van der Waals surface area contributed by atoms with Crippen molar-refractivity contribution in [1.29, 1.82) is 0 Å². The van der Waals surface area contributed by atoms with Crippen molar-refractivity contribution in [1.82, 2.24) is 15.1 Å². The van der Waals surface area contributed by atoms with Gasteiger partial charge in [0, 0.05) is 43.2 Å². The number of halogens is 7. The minimum Gasteiger partial charge on any atom is -0.350 e. The molecule has 2 aromatic carbocycles. The molecule has 1 heterocycles. The lowest BCUT2D eigenvalue weighted by Gasteiger charge is -2.43. The molecule has 0 bridgehead atoms. The summed E-state index contributed by atoms with van der Waals surface area (Å²) < 4.78 is 80.4. The van der Waals surface area contributed by atoms with Gasteiger partial charge in [0.25, 0.3) is 0 Å². The van der Waals surface area contributed by atoms with Gasteiger partial charge in [0.1, 0.15) is 6.04 Å². The van der Waals surface area contributed by atoms with Gasteiger partial charge in [0.2, 0.25) is 5.91 Å². The number of nitrogens with zero attached hydrogens (tertiary/aromatic N) is 2. The van der Waals surface area contributed by atoms with E-state index in [1.807, 2.05) is 4.90 Å². The Morgan fingerprint density at radius 2 is 1.42 bits per heavy atom. The van der Waals surface area contributed by atoms with Crippen LogP contribution in [0.15, 0.2) is 46.9 Å². The molecule has 0 aromatic heterocycles. The Hall–Kier alpha value is -2.11. The molecule has 1 saturated heterocycles. The van der Waals surface area contributed by atoms with E-state index in [1.165, 1.54) is 32.1 Å². The maximum Gasteiger partial charge on any atom is 0.416 e. The van der Waals surface area contributed by atoms with Gasteiger partial charge < -0.3 is 5.32 Å². The lowest BCUT2D eigenvalue weighted by molar-refractivity contribution is -0.143. The fourth-order valence-electron chi connectivity index (χ4n) is 5.39. The summed E-state index contributed by atoms with van der Waals surface area (Å²) in [6.45, 7) is 2.40. The Morgan fingerprint density at radius 1 is 0.868 bits per heavy atom. The summed E-state index contributed by atoms with van der Waals surface area (Å²) in [6, 6.07) is 8.41. The molecule has 1 saturated carbocycles. The molecule has 38 heavy (non-hydrogen) atoms. The molecule has 1 unspecified atom stereocenters. The number of benzene rings is 2. The van der Waals surface area contributed by atoms with Crippen molar-refractivity contribution in [2.24, 2.45) is 0 Å². The first-order chi connectivity index (χ1) is 17.9. The number of hydrogen-bond donors (Lipinski definition) is 1. The van der Waals surface area contributed by atoms with Crippen LogP contribution in [0.2, 0.25) is 0 Å². The zero-order valence-corrected chi connectivity index (χ0v) is 22.3. The van der Waals surface area contributed by atoms with Gasteiger partial charge in [0.05, 0.1) is 11.1 Å². The van der Waals surface area contributed by atoms with Gasteiger partial charge in [-0.1, -0.05) is 47.3 Å². The van der Waals surface area contributed by atoms with E-state index < -0.39 is 42.0 Å². The summed E-state index contributed by atoms with van der Waals surface area (Å²) in [4.78, 5) is 17.9. The van der Waals surface area contributed by atoms with Crippen LogP contribution in [0.1, 0.15) is 60.4 Å². The minimum atomic E-state index is -4.95. The van der Waals surface area contributed by atoms with Crippen molar-refractivity contribution in [3.63, 3.8) is 0 Å². The van der Waals surface area contributed by atoms with Crippen molar-refractivity contribution in [3.05, 3.63) is 69.2 Å². The lowest BCUT2D eigenvalue weighted by atomic mass is 9.93. The maximum absolute atomic E-state index is 13.4. The van der Waals surface area contributed by atoms with E-state index in [0.717, 1.165) is 17.6 Å². The van der Waals surface area contributed by atoms with Crippen molar-refractivity contribution < 1.29 is 31.1 Å². The molecular formula is C27H30BrF6N3O. The first-order valence-electron chi connectivity index (χ1n) is 12.7. The van der Waals surface area contributed by atoms with Crippen LogP contribution in [0.25, 0.3) is 0 Å². The number of carbonyl (C=O) groups excluding carboxylic acids is 1. The Labute approximate surface area is 226 Å². The third-order valence-electron chi connectivity index (χ3n) is 7.35. The van der Waals surface area contributed by atoms with E-state index in [2.05, 4.69) is 26.1 Å². The fourth-order valence-corrected chi connectivity index (χ4v) is 5.65. The highest BCUT2D eigenvalue weighted by Gasteiger charge is 2.37. The van der Waals surface area contributed by atoms with Gasteiger partial charge >= 0.3 is 12.4 Å². The van der Waals surface area contributed by atoms with Crippen LogP contribution in [0, 0.1) is 0 Å². The van der Waals surface area contributed by atoms with E-state index in [0.29, 0.717) is 36.8 Å². The average molecular weight is 606 g/mol. The van der Waals surface area contributed by atoms with E-state index in [4.69, 9.17) is 0 Å². The third kappa shape index (κ3) is 7.30. The van der Waals surface area contributed by atoms with Crippen molar-refractivity contribution in [2.75, 3.05) is 26.2 Å². The fraction of sp³-hybridized carbons (Fsp3) is 0.519. The molecule has 11 heteroatoms. The molecule has 4 rings (SSSR count). The van der Waals surface area contributed by atoms with E-state index >= 15 is 0 Å². The zero-order chi connectivity index (χ0) is 27.5. The zero-order valence-electron chi connectivity index (χ0n) is 20.7. The number of rotatable bonds is 6. The highest BCUT2D eigenvalue weighted by molar-refractivity contribution is 9.10. The van der Waals surface area contributed by atoms with Crippen molar-refractivity contribution in [3.8, 4) is 0 Å². The molecule has 1 N–H and O–H groups in total. The molecule has 1 atom stereocenters. The third-order valence-corrected chi connectivity index (χ3v) is 7.88. The molecule has 1 aliphatic heterocycles. The molecule has 4 nitrogen and oxygen atoms in total. The summed E-state index contributed by atoms with van der Waals surface area (Å²) in [5.41, 5.74) is -2.37. The van der Waals surface area contributed by atoms with Gasteiger partial charge in [0.15, 0.2) is 0 Å². The van der Waals surface area contributed by atoms with Gasteiger partial charge in [-0.3, -0.25) is 14.6 Å². The van der Waals surface area contributed by atoms with E-state index in [-0.39, 0.29) is 11.6 Å². The molecule has 1 amide bonds. The highest BCUT2D eigenvalue weighted by Crippen LogP contribution is 2.36. The Bertz CT molecular complexity index is 1060. The molecule has 1 aliphatic carbocycles. The largest absolute Gasteiger partial charge is 0.416 e. The summed E-state index contributed by atoms with van der Waals surface area (Å²) in [6.07, 6.45) is -3.84. The minimum absolute atomic E-state index is 0.0851. The normalized spacial score (nSPS) is 19.3. The van der Waals surface area contributed by atoms with Crippen LogP contribution in [-0.4, -0.2) is 47.9 Å². The van der Waals surface area contributed by atoms with Crippen molar-refractivity contribution in [2.45, 2.75) is 63.1 Å². The number of amides is 1. The number of carbonyl (C=O) groups is 1. The monoisotopic (exact) mass is 605 g/mol. The predicted octanol–water partition coefficient (Wildman–Crippen LogP) is 6.79. The van der Waals surface area contributed by atoms with Gasteiger partial charge in [-0.15, -0.1) is 0 Å². The van der Waals surface area contributed by atoms with Crippen LogP contribution in [0.5, 0.6) is 0 Å². The molecule has 208 valence electrons.